The minimum absolute atomic E-state index is 0.151. The molecule has 1 aromatic heterocycles. The van der Waals surface area contributed by atoms with Crippen molar-refractivity contribution >= 4 is 5.91 Å². The summed E-state index contributed by atoms with van der Waals surface area (Å²) in [6.45, 7) is 6.02. The zero-order valence-corrected chi connectivity index (χ0v) is 14.2. The van der Waals surface area contributed by atoms with Crippen molar-refractivity contribution in [1.29, 1.82) is 0 Å². The third kappa shape index (κ3) is 4.42. The van der Waals surface area contributed by atoms with Gasteiger partial charge in [-0.25, -0.2) is 0 Å². The molecule has 1 aromatic carbocycles. The van der Waals surface area contributed by atoms with Crippen LogP contribution in [0.4, 0.5) is 0 Å². The first-order chi connectivity index (χ1) is 10.9. The second-order valence-electron chi connectivity index (χ2n) is 6.27. The van der Waals surface area contributed by atoms with Gasteiger partial charge in [0, 0.05) is 18.8 Å². The lowest BCUT2D eigenvalue weighted by atomic mass is 10.0. The van der Waals surface area contributed by atoms with Gasteiger partial charge in [-0.2, -0.15) is 5.10 Å². The van der Waals surface area contributed by atoms with E-state index >= 15 is 0 Å². The Morgan fingerprint density at radius 1 is 1.26 bits per heavy atom. The van der Waals surface area contributed by atoms with Crippen LogP contribution in [0, 0.1) is 0 Å². The maximum absolute atomic E-state index is 12.3. The molecule has 2 aromatic rings. The first kappa shape index (κ1) is 17.2. The summed E-state index contributed by atoms with van der Waals surface area (Å²) in [5.74, 6) is 0.103. The summed E-state index contributed by atoms with van der Waals surface area (Å²) in [4.78, 5) is 12.3. The van der Waals surface area contributed by atoms with Crippen LogP contribution in [0.25, 0.3) is 0 Å². The van der Waals surface area contributed by atoms with E-state index in [0.717, 1.165) is 11.3 Å². The smallest absolute Gasteiger partial charge is 0.271 e. The molecule has 23 heavy (non-hydrogen) atoms. The Balaban J connectivity index is 1.96. The second kappa shape index (κ2) is 7.42. The number of rotatable bonds is 6. The maximum atomic E-state index is 12.3. The molecule has 1 heterocycles. The van der Waals surface area contributed by atoms with Crippen molar-refractivity contribution in [2.75, 3.05) is 0 Å². The second-order valence-corrected chi connectivity index (χ2v) is 6.27. The van der Waals surface area contributed by atoms with Crippen LogP contribution in [0.5, 0.6) is 0 Å². The van der Waals surface area contributed by atoms with Gasteiger partial charge in [-0.05, 0) is 30.9 Å². The Kier molecular flexibility index (Phi) is 5.55. The molecule has 2 rings (SSSR count). The minimum atomic E-state index is -0.596. The molecule has 5 heteroatoms. The van der Waals surface area contributed by atoms with Crippen LogP contribution in [-0.4, -0.2) is 26.8 Å². The number of amides is 1. The Morgan fingerprint density at radius 2 is 1.91 bits per heavy atom. The number of aromatic nitrogens is 2. The van der Waals surface area contributed by atoms with Crippen molar-refractivity contribution in [1.82, 2.24) is 15.1 Å². The van der Waals surface area contributed by atoms with Crippen molar-refractivity contribution in [3.63, 3.8) is 0 Å². The number of nitrogens with one attached hydrogen (secondary N) is 1. The topological polar surface area (TPSA) is 67.2 Å². The summed E-state index contributed by atoms with van der Waals surface area (Å²) in [5, 5.41) is 17.4. The highest BCUT2D eigenvalue weighted by Crippen LogP contribution is 2.18. The van der Waals surface area contributed by atoms with E-state index in [-0.39, 0.29) is 11.9 Å². The quantitative estimate of drug-likeness (QED) is 0.861. The molecule has 2 N–H and O–H groups in total. The van der Waals surface area contributed by atoms with Crippen molar-refractivity contribution in [3.8, 4) is 0 Å². The minimum Gasteiger partial charge on any atom is -0.388 e. The molecule has 124 valence electrons. The number of hydrogen-bond donors (Lipinski definition) is 2. The summed E-state index contributed by atoms with van der Waals surface area (Å²) < 4.78 is 1.74. The van der Waals surface area contributed by atoms with Crippen LogP contribution < -0.4 is 5.32 Å². The first-order valence-electron chi connectivity index (χ1n) is 7.96. The fourth-order valence-electron chi connectivity index (χ4n) is 2.64. The van der Waals surface area contributed by atoms with Gasteiger partial charge in [0.1, 0.15) is 5.69 Å². The molecule has 5 nitrogen and oxygen atoms in total. The number of nitrogens with zero attached hydrogens (tertiary/aromatic N) is 2. The van der Waals surface area contributed by atoms with Gasteiger partial charge in [0.15, 0.2) is 0 Å². The lowest BCUT2D eigenvalue weighted by Crippen LogP contribution is -2.34. The van der Waals surface area contributed by atoms with Gasteiger partial charge >= 0.3 is 0 Å². The highest BCUT2D eigenvalue weighted by molar-refractivity contribution is 5.92. The summed E-state index contributed by atoms with van der Waals surface area (Å²) in [6, 6.07) is 11.1. The average Bonchev–Trinajstić information content (AvgIpc) is 2.90. The van der Waals surface area contributed by atoms with E-state index in [4.69, 9.17) is 0 Å². The molecule has 0 aliphatic rings. The highest BCUT2D eigenvalue weighted by atomic mass is 16.3. The molecule has 0 aliphatic heterocycles. The number of aryl methyl sites for hydroxylation is 1. The van der Waals surface area contributed by atoms with Crippen LogP contribution in [0.3, 0.4) is 0 Å². The van der Waals surface area contributed by atoms with E-state index in [1.807, 2.05) is 50.4 Å². The molecule has 0 bridgehead atoms. The van der Waals surface area contributed by atoms with E-state index in [2.05, 4.69) is 24.3 Å². The number of benzene rings is 1. The third-order valence-corrected chi connectivity index (χ3v) is 3.88. The number of carbonyl (C=O) groups excluding carboxylic acids is 1. The standard InChI is InChI=1S/C18H25N3O2/c1-12(2)16-11-15(20-21(16)4)18(23)19-13(3)10-17(22)14-8-6-5-7-9-14/h5-9,11-13,17,22H,10H2,1-4H3,(H,19,23). The van der Waals surface area contributed by atoms with Crippen LogP contribution in [0.2, 0.25) is 0 Å². The average molecular weight is 315 g/mol. The van der Waals surface area contributed by atoms with Crippen molar-refractivity contribution in [2.45, 2.75) is 45.3 Å². The molecule has 2 unspecified atom stereocenters. The number of aliphatic hydroxyl groups is 1. The summed E-state index contributed by atoms with van der Waals surface area (Å²) in [7, 11) is 1.84. The summed E-state index contributed by atoms with van der Waals surface area (Å²) in [6.07, 6.45) is -0.138. The predicted octanol–water partition coefficient (Wildman–Crippen LogP) is 2.79. The van der Waals surface area contributed by atoms with Crippen LogP contribution >= 0.6 is 0 Å². The van der Waals surface area contributed by atoms with Gasteiger partial charge in [0.25, 0.3) is 5.91 Å². The van der Waals surface area contributed by atoms with E-state index in [9.17, 15) is 9.90 Å². The zero-order chi connectivity index (χ0) is 17.0. The van der Waals surface area contributed by atoms with Gasteiger partial charge in [-0.3, -0.25) is 9.48 Å². The lowest BCUT2D eigenvalue weighted by Gasteiger charge is -2.17. The number of aliphatic hydroxyl groups excluding tert-OH is 1. The van der Waals surface area contributed by atoms with E-state index in [0.29, 0.717) is 18.0 Å². The van der Waals surface area contributed by atoms with Crippen LogP contribution in [0.1, 0.15) is 61.0 Å². The first-order valence-corrected chi connectivity index (χ1v) is 7.96. The van der Waals surface area contributed by atoms with Gasteiger partial charge < -0.3 is 10.4 Å². The van der Waals surface area contributed by atoms with Crippen LogP contribution in [0.15, 0.2) is 36.4 Å². The normalized spacial score (nSPS) is 13.8. The molecule has 0 saturated heterocycles. The van der Waals surface area contributed by atoms with Gasteiger partial charge in [-0.15, -0.1) is 0 Å². The molecular weight excluding hydrogens is 290 g/mol. The molecule has 0 fully saturated rings. The molecular formula is C18H25N3O2. The monoisotopic (exact) mass is 315 g/mol. The predicted molar refractivity (Wildman–Crippen MR) is 90.2 cm³/mol. The Morgan fingerprint density at radius 3 is 2.48 bits per heavy atom. The van der Waals surface area contributed by atoms with Crippen LogP contribution in [-0.2, 0) is 7.05 Å². The highest BCUT2D eigenvalue weighted by Gasteiger charge is 2.18. The van der Waals surface area contributed by atoms with E-state index in [1.54, 1.807) is 4.68 Å². The molecule has 0 spiro atoms. The van der Waals surface area contributed by atoms with Gasteiger partial charge in [0.2, 0.25) is 0 Å². The Hall–Kier alpha value is -2.14. The molecule has 1 amide bonds. The zero-order valence-electron chi connectivity index (χ0n) is 14.2. The lowest BCUT2D eigenvalue weighted by molar-refractivity contribution is 0.0911. The molecule has 2 atom stereocenters. The van der Waals surface area contributed by atoms with Crippen molar-refractivity contribution in [3.05, 3.63) is 53.3 Å². The van der Waals surface area contributed by atoms with E-state index < -0.39 is 6.10 Å². The van der Waals surface area contributed by atoms with Crippen molar-refractivity contribution < 1.29 is 9.90 Å². The Labute approximate surface area is 137 Å². The maximum Gasteiger partial charge on any atom is 0.271 e. The number of carbonyl (C=O) groups is 1. The molecule has 0 aliphatic carbocycles. The SMILES string of the molecule is CC(CC(O)c1ccccc1)NC(=O)c1cc(C(C)C)n(C)n1. The van der Waals surface area contributed by atoms with Gasteiger partial charge in [0.05, 0.1) is 6.10 Å². The fourth-order valence-corrected chi connectivity index (χ4v) is 2.64. The fraction of sp³-hybridized carbons (Fsp3) is 0.444. The van der Waals surface area contributed by atoms with Gasteiger partial charge in [-0.1, -0.05) is 44.2 Å². The Bertz CT molecular complexity index is 650. The van der Waals surface area contributed by atoms with E-state index in [1.165, 1.54) is 0 Å². The number of hydrogen-bond acceptors (Lipinski definition) is 3. The summed E-state index contributed by atoms with van der Waals surface area (Å²) in [5.41, 5.74) is 2.29. The third-order valence-electron chi connectivity index (χ3n) is 3.88. The molecule has 0 radical (unpaired) electrons. The summed E-state index contributed by atoms with van der Waals surface area (Å²) >= 11 is 0. The molecule has 0 saturated carbocycles. The largest absolute Gasteiger partial charge is 0.388 e. The van der Waals surface area contributed by atoms with Crippen molar-refractivity contribution in [2.24, 2.45) is 7.05 Å².